The molecular formula is C4H12NaO6PSi. The molecule has 0 aromatic rings. The van der Waals surface area contributed by atoms with Gasteiger partial charge in [0.1, 0.15) is 7.60 Å². The second kappa shape index (κ2) is 6.68. The van der Waals surface area contributed by atoms with E-state index in [0.29, 0.717) is 0 Å². The Morgan fingerprint density at radius 1 is 1.23 bits per heavy atom. The number of hydrogen-bond donors (Lipinski definition) is 4. The van der Waals surface area contributed by atoms with Gasteiger partial charge in [0, 0.05) is 12.2 Å². The van der Waals surface area contributed by atoms with Crippen molar-refractivity contribution in [2.75, 3.05) is 6.16 Å². The van der Waals surface area contributed by atoms with Crippen LogP contribution in [-0.4, -0.2) is 34.2 Å². The Labute approximate surface area is 99.4 Å². The van der Waals surface area contributed by atoms with Crippen molar-refractivity contribution in [3.63, 3.8) is 0 Å². The van der Waals surface area contributed by atoms with Crippen molar-refractivity contribution >= 4 is 16.4 Å². The Bertz CT molecular complexity index is 176. The van der Waals surface area contributed by atoms with Crippen molar-refractivity contribution < 1.29 is 58.3 Å². The molecule has 0 aliphatic heterocycles. The Hall–Kier alpha value is 1.25. The molecular weight excluding hydrogens is 226 g/mol. The molecule has 1 atom stereocenters. The molecule has 0 heterocycles. The van der Waals surface area contributed by atoms with Crippen LogP contribution in [0.3, 0.4) is 0 Å². The van der Waals surface area contributed by atoms with Gasteiger partial charge in [-0.2, -0.15) is 0 Å². The summed E-state index contributed by atoms with van der Waals surface area (Å²) in [6.07, 6.45) is -0.103. The van der Waals surface area contributed by atoms with Crippen molar-refractivity contribution in [1.29, 1.82) is 0 Å². The molecule has 0 spiro atoms. The average Bonchev–Trinajstić information content (AvgIpc) is 1.76. The van der Waals surface area contributed by atoms with Gasteiger partial charge in [0.05, 0.1) is 0 Å². The predicted molar refractivity (Wildman–Crippen MR) is 41.1 cm³/mol. The molecule has 4 N–H and O–H groups in total. The van der Waals surface area contributed by atoms with Crippen LogP contribution in [0.1, 0.15) is 12.8 Å². The zero-order valence-electron chi connectivity index (χ0n) is 7.38. The minimum absolute atomic E-state index is 0. The van der Waals surface area contributed by atoms with Crippen LogP contribution in [0.5, 0.6) is 0 Å². The first-order valence-electron chi connectivity index (χ1n) is 3.41. The van der Waals surface area contributed by atoms with Gasteiger partial charge in [-0.15, -0.1) is 0 Å². The minimum Gasteiger partial charge on any atom is -0.779 e. The second-order valence-electron chi connectivity index (χ2n) is 2.59. The van der Waals surface area contributed by atoms with Crippen molar-refractivity contribution in [3.05, 3.63) is 0 Å². The zero-order valence-corrected chi connectivity index (χ0v) is 11.3. The van der Waals surface area contributed by atoms with E-state index in [4.69, 9.17) is 19.3 Å². The first kappa shape index (κ1) is 16.7. The van der Waals surface area contributed by atoms with E-state index in [2.05, 4.69) is 0 Å². The molecule has 0 aliphatic carbocycles. The molecule has 0 bridgehead atoms. The molecule has 9 heteroatoms. The Balaban J connectivity index is 0. The normalized spacial score (nSPS) is 16.1. The van der Waals surface area contributed by atoms with Crippen LogP contribution >= 0.6 is 7.60 Å². The summed E-state index contributed by atoms with van der Waals surface area (Å²) in [5, 5.41) is 0. The van der Waals surface area contributed by atoms with Crippen molar-refractivity contribution in [2.45, 2.75) is 18.9 Å². The van der Waals surface area contributed by atoms with Crippen LogP contribution in [0, 0.1) is 0 Å². The van der Waals surface area contributed by atoms with E-state index in [9.17, 15) is 9.46 Å². The number of hydrogen-bond acceptors (Lipinski definition) is 5. The van der Waals surface area contributed by atoms with Crippen LogP contribution < -0.4 is 34.5 Å². The number of rotatable bonds is 5. The molecule has 0 rings (SSSR count). The van der Waals surface area contributed by atoms with Crippen LogP contribution in [-0.2, 0) is 4.57 Å². The minimum atomic E-state index is -4.23. The van der Waals surface area contributed by atoms with E-state index in [-0.39, 0.29) is 48.4 Å². The van der Waals surface area contributed by atoms with Gasteiger partial charge in [0.25, 0.3) is 0 Å². The molecule has 0 saturated carbocycles. The van der Waals surface area contributed by atoms with Gasteiger partial charge in [-0.3, -0.25) is 0 Å². The summed E-state index contributed by atoms with van der Waals surface area (Å²) in [5.74, 6) is 0. The van der Waals surface area contributed by atoms with E-state index in [1.54, 1.807) is 0 Å². The molecule has 0 aliphatic rings. The SMILES string of the molecule is O=P([O-])(O)CCCC[Si](O)(O)O.[Na+]. The standard InChI is InChI=1S/C4H13O6PSi.Na/c5-11(6,7)3-1-2-4-12(8,9)10;/h8-10H,1-4H2,(H2,5,6,7);/q;+1/p-1. The Morgan fingerprint density at radius 3 is 2.00 bits per heavy atom. The molecule has 1 unspecified atom stereocenters. The predicted octanol–water partition coefficient (Wildman–Crippen LogP) is -4.77. The van der Waals surface area contributed by atoms with Gasteiger partial charge in [-0.05, 0) is 12.8 Å². The quantitative estimate of drug-likeness (QED) is 0.217. The topological polar surface area (TPSA) is 121 Å². The molecule has 0 saturated heterocycles. The molecule has 0 radical (unpaired) electrons. The summed E-state index contributed by atoms with van der Waals surface area (Å²) in [5.41, 5.74) is 0. The second-order valence-corrected chi connectivity index (χ2v) is 6.36. The van der Waals surface area contributed by atoms with Crippen molar-refractivity contribution in [3.8, 4) is 0 Å². The summed E-state index contributed by atoms with van der Waals surface area (Å²) in [6, 6.07) is -0.201. The van der Waals surface area contributed by atoms with Crippen molar-refractivity contribution in [2.24, 2.45) is 0 Å². The largest absolute Gasteiger partial charge is 1.00 e. The van der Waals surface area contributed by atoms with Gasteiger partial charge in [0.2, 0.25) is 0 Å². The van der Waals surface area contributed by atoms with E-state index in [0.717, 1.165) is 0 Å². The molecule has 0 aromatic heterocycles. The maximum atomic E-state index is 10.2. The number of unbranched alkanes of at least 4 members (excludes halogenated alkanes) is 1. The maximum Gasteiger partial charge on any atom is 1.00 e. The van der Waals surface area contributed by atoms with E-state index in [1.165, 1.54) is 0 Å². The molecule has 74 valence electrons. The molecule has 0 aromatic carbocycles. The average molecular weight is 238 g/mol. The van der Waals surface area contributed by atoms with E-state index >= 15 is 0 Å². The third-order valence-electron chi connectivity index (χ3n) is 1.20. The maximum absolute atomic E-state index is 10.2. The van der Waals surface area contributed by atoms with Gasteiger partial charge in [-0.25, -0.2) is 0 Å². The zero-order chi connectivity index (χ0) is 9.83. The van der Waals surface area contributed by atoms with Gasteiger partial charge >= 0.3 is 38.4 Å². The monoisotopic (exact) mass is 238 g/mol. The van der Waals surface area contributed by atoms with Crippen LogP contribution in [0.15, 0.2) is 0 Å². The Kier molecular flexibility index (Phi) is 8.56. The van der Waals surface area contributed by atoms with Crippen LogP contribution in [0.2, 0.25) is 6.04 Å². The molecule has 6 nitrogen and oxygen atoms in total. The third kappa shape index (κ3) is 16.0. The molecule has 0 amide bonds. The van der Waals surface area contributed by atoms with E-state index in [1.807, 2.05) is 0 Å². The third-order valence-corrected chi connectivity index (χ3v) is 3.11. The smallest absolute Gasteiger partial charge is 0.779 e. The van der Waals surface area contributed by atoms with Crippen LogP contribution in [0.25, 0.3) is 0 Å². The van der Waals surface area contributed by atoms with Gasteiger partial charge < -0.3 is 28.7 Å². The van der Waals surface area contributed by atoms with Gasteiger partial charge in [-0.1, -0.05) is 0 Å². The summed E-state index contributed by atoms with van der Waals surface area (Å²) in [7, 11) is -8.25. The first-order chi connectivity index (χ1) is 5.21. The fraction of sp³-hybridized carbons (Fsp3) is 1.00. The van der Waals surface area contributed by atoms with Gasteiger partial charge in [0.15, 0.2) is 0 Å². The Morgan fingerprint density at radius 2 is 1.69 bits per heavy atom. The summed E-state index contributed by atoms with van der Waals surface area (Å²) >= 11 is 0. The molecule has 0 fully saturated rings. The summed E-state index contributed by atoms with van der Waals surface area (Å²) < 4.78 is 10.2. The van der Waals surface area contributed by atoms with Crippen LogP contribution in [0.4, 0.5) is 0 Å². The fourth-order valence-corrected chi connectivity index (χ4v) is 2.02. The summed E-state index contributed by atoms with van der Waals surface area (Å²) in [4.78, 5) is 43.9. The summed E-state index contributed by atoms with van der Waals surface area (Å²) in [6.45, 7) is 0. The van der Waals surface area contributed by atoms with Crippen molar-refractivity contribution in [1.82, 2.24) is 0 Å². The fourth-order valence-electron chi connectivity index (χ4n) is 0.674. The van der Waals surface area contributed by atoms with E-state index < -0.39 is 22.6 Å². The molecule has 13 heavy (non-hydrogen) atoms. The first-order valence-corrected chi connectivity index (χ1v) is 7.22.